The Kier molecular flexibility index (Phi) is 6.02. The van der Waals surface area contributed by atoms with Crippen LogP contribution in [0.4, 0.5) is 0 Å². The van der Waals surface area contributed by atoms with Gasteiger partial charge in [-0.15, -0.1) is 0 Å². The molecule has 0 bridgehead atoms. The van der Waals surface area contributed by atoms with Crippen molar-refractivity contribution in [3.63, 3.8) is 0 Å². The molecule has 4 heteroatoms. The van der Waals surface area contributed by atoms with Crippen LogP contribution >= 0.6 is 7.92 Å². The van der Waals surface area contributed by atoms with Crippen LogP contribution in [-0.4, -0.2) is 19.3 Å². The summed E-state index contributed by atoms with van der Waals surface area (Å²) >= 11 is 0. The first-order chi connectivity index (χ1) is 14.7. The van der Waals surface area contributed by atoms with Crippen molar-refractivity contribution in [3.05, 3.63) is 97.1 Å². The number of para-hydroxylation sites is 3. The van der Waals surface area contributed by atoms with Crippen molar-refractivity contribution >= 4 is 23.8 Å². The molecule has 0 aliphatic carbocycles. The van der Waals surface area contributed by atoms with E-state index in [2.05, 4.69) is 24.3 Å². The van der Waals surface area contributed by atoms with E-state index >= 15 is 0 Å². The average molecular weight is 414 g/mol. The molecule has 0 saturated heterocycles. The zero-order valence-corrected chi connectivity index (χ0v) is 17.8. The van der Waals surface area contributed by atoms with Crippen molar-refractivity contribution in [2.24, 2.45) is 0 Å². The Bertz CT molecular complexity index is 1110. The molecule has 0 aliphatic heterocycles. The summed E-state index contributed by atoms with van der Waals surface area (Å²) in [5.41, 5.74) is 1.81. The first-order valence-corrected chi connectivity index (χ1v) is 11.0. The fraction of sp³-hybridized carbons (Fsp3) is 0.0769. The quantitative estimate of drug-likeness (QED) is 0.459. The molecule has 0 saturated carbocycles. The molecule has 0 heterocycles. The number of benzene rings is 4. The van der Waals surface area contributed by atoms with Crippen LogP contribution in [0.3, 0.4) is 0 Å². The second-order valence-corrected chi connectivity index (χ2v) is 8.83. The molecule has 0 atom stereocenters. The predicted octanol–water partition coefficient (Wildman–Crippen LogP) is 4.83. The van der Waals surface area contributed by atoms with E-state index in [1.165, 1.54) is 0 Å². The van der Waals surface area contributed by atoms with Gasteiger partial charge in [0.25, 0.3) is 0 Å². The standard InChI is InChI=1S/C26H23O3P/c1-28-22-14-6-9-17-25(22)30(26-18-10-7-15-23(26)29-2)24-16-8-4-12-20(24)19-11-3-5-13-21(19)27/h3-18,27H,1-2H3. The minimum absolute atomic E-state index is 0.264. The van der Waals surface area contributed by atoms with E-state index in [0.29, 0.717) is 0 Å². The second-order valence-electron chi connectivity index (χ2n) is 6.71. The molecule has 0 spiro atoms. The molecule has 0 aromatic heterocycles. The zero-order chi connectivity index (χ0) is 20.9. The van der Waals surface area contributed by atoms with Gasteiger partial charge in [-0.2, -0.15) is 0 Å². The zero-order valence-electron chi connectivity index (χ0n) is 16.9. The minimum Gasteiger partial charge on any atom is -0.507 e. The van der Waals surface area contributed by atoms with Gasteiger partial charge in [0.1, 0.15) is 17.2 Å². The van der Waals surface area contributed by atoms with Gasteiger partial charge in [-0.1, -0.05) is 78.9 Å². The summed E-state index contributed by atoms with van der Waals surface area (Å²) in [6.07, 6.45) is 0. The van der Waals surface area contributed by atoms with Crippen molar-refractivity contribution < 1.29 is 14.6 Å². The number of phenolic OH excluding ortho intramolecular Hbond substituents is 1. The molecule has 0 aliphatic rings. The highest BCUT2D eigenvalue weighted by molar-refractivity contribution is 7.80. The first kappa shape index (κ1) is 20.0. The fourth-order valence-corrected chi connectivity index (χ4v) is 6.31. The van der Waals surface area contributed by atoms with Crippen LogP contribution in [0.25, 0.3) is 11.1 Å². The first-order valence-electron chi connectivity index (χ1n) is 9.68. The molecule has 0 unspecified atom stereocenters. The molecule has 150 valence electrons. The normalized spacial score (nSPS) is 10.8. The highest BCUT2D eigenvalue weighted by Gasteiger charge is 2.26. The third-order valence-corrected chi connectivity index (χ3v) is 7.57. The molecule has 3 nitrogen and oxygen atoms in total. The molecule has 0 fully saturated rings. The van der Waals surface area contributed by atoms with Gasteiger partial charge in [-0.3, -0.25) is 0 Å². The number of hydrogen-bond acceptors (Lipinski definition) is 3. The maximum Gasteiger partial charge on any atom is 0.127 e. The lowest BCUT2D eigenvalue weighted by Gasteiger charge is -2.25. The Morgan fingerprint density at radius 1 is 0.533 bits per heavy atom. The van der Waals surface area contributed by atoms with Gasteiger partial charge in [0.05, 0.1) is 14.2 Å². The summed E-state index contributed by atoms with van der Waals surface area (Å²) in [6, 6.07) is 31.9. The summed E-state index contributed by atoms with van der Waals surface area (Å²) in [7, 11) is 2.38. The van der Waals surface area contributed by atoms with Crippen molar-refractivity contribution in [1.82, 2.24) is 0 Å². The summed E-state index contributed by atoms with van der Waals surface area (Å²) in [4.78, 5) is 0. The van der Waals surface area contributed by atoms with Gasteiger partial charge in [-0.25, -0.2) is 0 Å². The molecule has 0 amide bonds. The van der Waals surface area contributed by atoms with Crippen molar-refractivity contribution in [1.29, 1.82) is 0 Å². The number of aromatic hydroxyl groups is 1. The van der Waals surface area contributed by atoms with Gasteiger partial charge in [-0.05, 0) is 37.0 Å². The third kappa shape index (κ3) is 3.77. The number of methoxy groups -OCH3 is 2. The summed E-state index contributed by atoms with van der Waals surface area (Å²) in [6.45, 7) is 0. The van der Waals surface area contributed by atoms with E-state index in [-0.39, 0.29) is 5.75 Å². The van der Waals surface area contributed by atoms with E-state index in [4.69, 9.17) is 9.47 Å². The molecule has 0 radical (unpaired) electrons. The maximum atomic E-state index is 10.6. The fourth-order valence-electron chi connectivity index (χ4n) is 3.62. The third-order valence-electron chi connectivity index (χ3n) is 4.99. The largest absolute Gasteiger partial charge is 0.507 e. The van der Waals surface area contributed by atoms with Crippen LogP contribution in [0.15, 0.2) is 97.1 Å². The minimum atomic E-state index is -1.02. The van der Waals surface area contributed by atoms with E-state index in [1.807, 2.05) is 66.7 Å². The number of ether oxygens (including phenoxy) is 2. The Balaban J connectivity index is 2.03. The molecule has 30 heavy (non-hydrogen) atoms. The van der Waals surface area contributed by atoms with Gasteiger partial charge in [0.2, 0.25) is 0 Å². The van der Waals surface area contributed by atoms with Gasteiger partial charge >= 0.3 is 0 Å². The van der Waals surface area contributed by atoms with Gasteiger partial charge < -0.3 is 14.6 Å². The lowest BCUT2D eigenvalue weighted by atomic mass is 10.0. The van der Waals surface area contributed by atoms with E-state index in [1.54, 1.807) is 20.3 Å². The molecular formula is C26H23O3P. The Morgan fingerprint density at radius 2 is 0.967 bits per heavy atom. The monoisotopic (exact) mass is 414 g/mol. The van der Waals surface area contributed by atoms with Crippen LogP contribution in [0.5, 0.6) is 17.2 Å². The topological polar surface area (TPSA) is 38.7 Å². The van der Waals surface area contributed by atoms with E-state index in [0.717, 1.165) is 38.5 Å². The SMILES string of the molecule is COc1ccccc1P(c1ccccc1OC)c1ccccc1-c1ccccc1O. The maximum absolute atomic E-state index is 10.6. The summed E-state index contributed by atoms with van der Waals surface area (Å²) in [5.74, 6) is 1.93. The predicted molar refractivity (Wildman–Crippen MR) is 125 cm³/mol. The van der Waals surface area contributed by atoms with Gasteiger partial charge in [0, 0.05) is 16.2 Å². The number of rotatable bonds is 6. The molecular weight excluding hydrogens is 391 g/mol. The highest BCUT2D eigenvalue weighted by Crippen LogP contribution is 2.43. The van der Waals surface area contributed by atoms with Crippen LogP contribution in [0, 0.1) is 0 Å². The van der Waals surface area contributed by atoms with Crippen LogP contribution in [-0.2, 0) is 0 Å². The van der Waals surface area contributed by atoms with Crippen molar-refractivity contribution in [3.8, 4) is 28.4 Å². The number of phenols is 1. The summed E-state index contributed by atoms with van der Waals surface area (Å²) in [5, 5.41) is 13.9. The van der Waals surface area contributed by atoms with Crippen LogP contribution < -0.4 is 25.4 Å². The molecule has 4 aromatic rings. The lowest BCUT2D eigenvalue weighted by Crippen LogP contribution is -2.24. The lowest BCUT2D eigenvalue weighted by molar-refractivity contribution is 0.417. The Labute approximate surface area is 178 Å². The van der Waals surface area contributed by atoms with Crippen LogP contribution in [0.1, 0.15) is 0 Å². The molecule has 1 N–H and O–H groups in total. The number of hydrogen-bond donors (Lipinski definition) is 1. The summed E-state index contributed by atoms with van der Waals surface area (Å²) < 4.78 is 11.5. The Morgan fingerprint density at radius 3 is 1.50 bits per heavy atom. The molecule has 4 rings (SSSR count). The van der Waals surface area contributed by atoms with Crippen molar-refractivity contribution in [2.75, 3.05) is 14.2 Å². The average Bonchev–Trinajstić information content (AvgIpc) is 2.81. The van der Waals surface area contributed by atoms with Crippen LogP contribution in [0.2, 0.25) is 0 Å². The smallest absolute Gasteiger partial charge is 0.127 e. The van der Waals surface area contributed by atoms with E-state index in [9.17, 15) is 5.11 Å². The second kappa shape index (κ2) is 9.02. The highest BCUT2D eigenvalue weighted by atomic mass is 31.1. The molecule has 4 aromatic carbocycles. The van der Waals surface area contributed by atoms with Crippen molar-refractivity contribution in [2.45, 2.75) is 0 Å². The Hall–Kier alpha value is -3.29. The van der Waals surface area contributed by atoms with E-state index < -0.39 is 7.92 Å². The van der Waals surface area contributed by atoms with Gasteiger partial charge in [0.15, 0.2) is 0 Å².